The monoisotopic (exact) mass is 293 g/mol. The lowest BCUT2D eigenvalue weighted by atomic mass is 10.1. The smallest absolute Gasteiger partial charge is 0.204 e. The Kier molecular flexibility index (Phi) is 2.79. The van der Waals surface area contributed by atoms with Crippen molar-refractivity contribution in [2.75, 3.05) is 5.43 Å². The Bertz CT molecular complexity index is 849. The van der Waals surface area contributed by atoms with Gasteiger partial charge in [0.2, 0.25) is 5.13 Å². The summed E-state index contributed by atoms with van der Waals surface area (Å²) in [6.45, 7) is 0. The molecule has 2 aromatic carbocycles. The standard InChI is InChI=1S/C16H11N3OS/c20-14-9-13(10-5-1-2-6-11(10)14)18-19-16-17-12-7-3-4-8-15(12)21-16/h1-8H,9H2,(H,17,19)/b18-13+. The zero-order valence-corrected chi connectivity index (χ0v) is 11.9. The van der Waals surface area contributed by atoms with Crippen LogP contribution < -0.4 is 5.43 Å². The number of hydrazone groups is 1. The fraction of sp³-hybridized carbons (Fsp3) is 0.0625. The third-order valence-corrected chi connectivity index (χ3v) is 4.39. The number of fused-ring (bicyclic) bond motifs is 2. The highest BCUT2D eigenvalue weighted by Gasteiger charge is 2.24. The van der Waals surface area contributed by atoms with E-state index in [4.69, 9.17) is 0 Å². The molecule has 0 bridgehead atoms. The van der Waals surface area contributed by atoms with Gasteiger partial charge in [0.15, 0.2) is 5.78 Å². The number of hydrogen-bond donors (Lipinski definition) is 1. The highest BCUT2D eigenvalue weighted by atomic mass is 32.1. The summed E-state index contributed by atoms with van der Waals surface area (Å²) in [5.74, 6) is 0.121. The van der Waals surface area contributed by atoms with Crippen LogP contribution in [0.4, 0.5) is 5.13 Å². The highest BCUT2D eigenvalue weighted by molar-refractivity contribution is 7.22. The van der Waals surface area contributed by atoms with Gasteiger partial charge < -0.3 is 0 Å². The van der Waals surface area contributed by atoms with Crippen molar-refractivity contribution in [1.29, 1.82) is 0 Å². The molecule has 1 aliphatic carbocycles. The van der Waals surface area contributed by atoms with Gasteiger partial charge in [0.05, 0.1) is 22.3 Å². The molecule has 0 atom stereocenters. The maximum absolute atomic E-state index is 11.9. The molecule has 0 saturated carbocycles. The van der Waals surface area contributed by atoms with E-state index in [1.807, 2.05) is 48.5 Å². The van der Waals surface area contributed by atoms with Crippen LogP contribution in [0, 0.1) is 0 Å². The summed E-state index contributed by atoms with van der Waals surface area (Å²) in [5.41, 5.74) is 6.37. The van der Waals surface area contributed by atoms with Crippen LogP contribution in [0.2, 0.25) is 0 Å². The van der Waals surface area contributed by atoms with Crippen molar-refractivity contribution < 1.29 is 4.79 Å². The molecule has 4 nitrogen and oxygen atoms in total. The number of carbonyl (C=O) groups is 1. The van der Waals surface area contributed by atoms with Crippen molar-refractivity contribution in [2.24, 2.45) is 5.10 Å². The number of anilines is 1. The lowest BCUT2D eigenvalue weighted by Gasteiger charge is -1.98. The molecular formula is C16H11N3OS. The molecule has 5 heteroatoms. The van der Waals surface area contributed by atoms with Gasteiger partial charge in [-0.05, 0) is 12.1 Å². The van der Waals surface area contributed by atoms with E-state index in [9.17, 15) is 4.79 Å². The predicted octanol–water partition coefficient (Wildman–Crippen LogP) is 3.70. The topological polar surface area (TPSA) is 54.4 Å². The molecular weight excluding hydrogens is 282 g/mol. The lowest BCUT2D eigenvalue weighted by Crippen LogP contribution is -2.00. The summed E-state index contributed by atoms with van der Waals surface area (Å²) in [4.78, 5) is 16.4. The van der Waals surface area contributed by atoms with Crippen LogP contribution in [0.5, 0.6) is 0 Å². The maximum atomic E-state index is 11.9. The second-order valence-electron chi connectivity index (χ2n) is 4.80. The third-order valence-electron chi connectivity index (χ3n) is 3.45. The molecule has 0 spiro atoms. The van der Waals surface area contributed by atoms with E-state index in [1.54, 1.807) is 11.3 Å². The van der Waals surface area contributed by atoms with E-state index < -0.39 is 0 Å². The number of rotatable bonds is 2. The summed E-state index contributed by atoms with van der Waals surface area (Å²) >= 11 is 1.55. The predicted molar refractivity (Wildman–Crippen MR) is 85.2 cm³/mol. The quantitative estimate of drug-likeness (QED) is 0.733. The summed E-state index contributed by atoms with van der Waals surface area (Å²) < 4.78 is 1.11. The first-order chi connectivity index (χ1) is 10.3. The van der Waals surface area contributed by atoms with E-state index in [0.717, 1.165) is 32.2 Å². The summed E-state index contributed by atoms with van der Waals surface area (Å²) in [6, 6.07) is 15.5. The van der Waals surface area contributed by atoms with Crippen LogP contribution in [0.3, 0.4) is 0 Å². The van der Waals surface area contributed by atoms with Gasteiger partial charge in [-0.1, -0.05) is 47.7 Å². The number of nitrogens with zero attached hydrogens (tertiary/aromatic N) is 2. The molecule has 1 aromatic heterocycles. The van der Waals surface area contributed by atoms with E-state index in [1.165, 1.54) is 0 Å². The van der Waals surface area contributed by atoms with Crippen molar-refractivity contribution in [3.63, 3.8) is 0 Å². The first-order valence-corrected chi connectivity index (χ1v) is 7.44. The van der Waals surface area contributed by atoms with Gasteiger partial charge in [-0.15, -0.1) is 0 Å². The van der Waals surface area contributed by atoms with Crippen molar-refractivity contribution in [1.82, 2.24) is 4.98 Å². The number of thiazole rings is 1. The fourth-order valence-corrected chi connectivity index (χ4v) is 3.26. The summed E-state index contributed by atoms with van der Waals surface area (Å²) in [5, 5.41) is 5.11. The molecule has 1 aliphatic rings. The van der Waals surface area contributed by atoms with E-state index >= 15 is 0 Å². The van der Waals surface area contributed by atoms with Crippen LogP contribution in [-0.4, -0.2) is 16.5 Å². The van der Waals surface area contributed by atoms with Gasteiger partial charge in [0.1, 0.15) is 0 Å². The van der Waals surface area contributed by atoms with E-state index in [0.29, 0.717) is 6.42 Å². The molecule has 0 unspecified atom stereocenters. The average Bonchev–Trinajstić information content (AvgIpc) is 3.07. The van der Waals surface area contributed by atoms with Gasteiger partial charge >= 0.3 is 0 Å². The third kappa shape index (κ3) is 2.11. The highest BCUT2D eigenvalue weighted by Crippen LogP contribution is 2.26. The molecule has 102 valence electrons. The molecule has 3 aromatic rings. The first kappa shape index (κ1) is 12.2. The number of aromatic nitrogens is 1. The molecule has 0 fully saturated rings. The molecule has 1 N–H and O–H groups in total. The molecule has 0 amide bonds. The first-order valence-electron chi connectivity index (χ1n) is 6.62. The van der Waals surface area contributed by atoms with E-state index in [-0.39, 0.29) is 5.78 Å². The Morgan fingerprint density at radius 2 is 1.81 bits per heavy atom. The lowest BCUT2D eigenvalue weighted by molar-refractivity contribution is 0.101. The second kappa shape index (κ2) is 4.79. The molecule has 0 saturated heterocycles. The Morgan fingerprint density at radius 3 is 2.67 bits per heavy atom. The second-order valence-corrected chi connectivity index (χ2v) is 5.83. The van der Waals surface area contributed by atoms with Crippen molar-refractivity contribution in [3.05, 3.63) is 59.7 Å². The number of benzene rings is 2. The van der Waals surface area contributed by atoms with Gasteiger partial charge in [-0.3, -0.25) is 10.2 Å². The maximum Gasteiger partial charge on any atom is 0.204 e. The number of nitrogens with one attached hydrogen (secondary N) is 1. The van der Waals surface area contributed by atoms with Crippen molar-refractivity contribution in [2.45, 2.75) is 6.42 Å². The molecule has 1 heterocycles. The largest absolute Gasteiger partial charge is 0.294 e. The van der Waals surface area contributed by atoms with Gasteiger partial charge in [-0.25, -0.2) is 4.98 Å². The molecule has 0 aliphatic heterocycles. The molecule has 4 rings (SSSR count). The SMILES string of the molecule is O=C1C/C(=N\Nc2nc3ccccc3s2)c2ccccc21. The van der Waals surface area contributed by atoms with E-state index in [2.05, 4.69) is 15.5 Å². The van der Waals surface area contributed by atoms with Crippen LogP contribution in [0.25, 0.3) is 10.2 Å². The van der Waals surface area contributed by atoms with Crippen molar-refractivity contribution in [3.8, 4) is 0 Å². The summed E-state index contributed by atoms with van der Waals surface area (Å²) in [6.07, 6.45) is 0.344. The number of Topliss-reactive ketones (excluding diaryl/α,β-unsaturated/α-hetero) is 1. The van der Waals surface area contributed by atoms with Gasteiger partial charge in [0.25, 0.3) is 0 Å². The summed E-state index contributed by atoms with van der Waals surface area (Å²) in [7, 11) is 0. The molecule has 0 radical (unpaired) electrons. The number of carbonyl (C=O) groups excluding carboxylic acids is 1. The normalized spacial score (nSPS) is 15.6. The fourth-order valence-electron chi connectivity index (χ4n) is 2.46. The van der Waals surface area contributed by atoms with Gasteiger partial charge in [-0.2, -0.15) is 5.10 Å². The number of ketones is 1. The van der Waals surface area contributed by atoms with Crippen LogP contribution in [0.15, 0.2) is 53.6 Å². The van der Waals surface area contributed by atoms with Crippen LogP contribution in [-0.2, 0) is 0 Å². The van der Waals surface area contributed by atoms with Gasteiger partial charge in [0, 0.05) is 11.1 Å². The Balaban J connectivity index is 1.66. The van der Waals surface area contributed by atoms with Crippen LogP contribution >= 0.6 is 11.3 Å². The molecule has 21 heavy (non-hydrogen) atoms. The minimum Gasteiger partial charge on any atom is -0.294 e. The van der Waals surface area contributed by atoms with Crippen molar-refractivity contribution >= 4 is 38.2 Å². The number of para-hydroxylation sites is 1. The minimum absolute atomic E-state index is 0.121. The number of hydrogen-bond acceptors (Lipinski definition) is 5. The zero-order chi connectivity index (χ0) is 14.2. The Hall–Kier alpha value is -2.53. The Labute approximate surface area is 125 Å². The Morgan fingerprint density at radius 1 is 1.05 bits per heavy atom. The van der Waals surface area contributed by atoms with Crippen LogP contribution in [0.1, 0.15) is 22.3 Å². The zero-order valence-electron chi connectivity index (χ0n) is 11.0. The average molecular weight is 293 g/mol. The minimum atomic E-state index is 0.121.